The van der Waals surface area contributed by atoms with E-state index >= 15 is 0 Å². The molecule has 8 heteroatoms. The van der Waals surface area contributed by atoms with Crippen molar-refractivity contribution in [1.29, 1.82) is 0 Å². The van der Waals surface area contributed by atoms with Crippen LogP contribution in [0.25, 0.3) is 0 Å². The third-order valence-electron chi connectivity index (χ3n) is 2.17. The average Bonchev–Trinajstić information content (AvgIpc) is 2.26. The van der Waals surface area contributed by atoms with Gasteiger partial charge in [-0.25, -0.2) is 10.6 Å². The third-order valence-corrected chi connectivity index (χ3v) is 2.17. The lowest BCUT2D eigenvalue weighted by molar-refractivity contribution is -0.729. The lowest BCUT2D eigenvalue weighted by Gasteiger charge is -2.28. The van der Waals surface area contributed by atoms with Crippen molar-refractivity contribution in [2.75, 3.05) is 12.5 Å². The van der Waals surface area contributed by atoms with E-state index in [0.29, 0.717) is 5.75 Å². The standard InChI is InChI=1S/C9H8F3N3O2/c1-17-5-2-3-6-7(4-5)13-8(9(10,11)12)15(16)14-6/h2-4,14-15H,1H3. The van der Waals surface area contributed by atoms with Crippen LogP contribution in [-0.4, -0.2) is 19.1 Å². The number of aliphatic imine (C=N–C) groups is 1. The average molecular weight is 247 g/mol. The molecule has 0 saturated heterocycles. The Kier molecular flexibility index (Phi) is 2.68. The van der Waals surface area contributed by atoms with Crippen LogP contribution in [-0.2, 0) is 0 Å². The fraction of sp³-hybridized carbons (Fsp3) is 0.222. The van der Waals surface area contributed by atoms with Crippen molar-refractivity contribution in [3.63, 3.8) is 0 Å². The van der Waals surface area contributed by atoms with Crippen molar-refractivity contribution < 1.29 is 23.1 Å². The van der Waals surface area contributed by atoms with Crippen LogP contribution < -0.4 is 15.3 Å². The molecule has 0 radical (unpaired) electrons. The Hall–Kier alpha value is -1.80. The van der Waals surface area contributed by atoms with Gasteiger partial charge in [0, 0.05) is 6.07 Å². The lowest BCUT2D eigenvalue weighted by atomic mass is 10.2. The molecule has 1 heterocycles. The van der Waals surface area contributed by atoms with Crippen molar-refractivity contribution in [3.8, 4) is 5.75 Å². The second-order valence-corrected chi connectivity index (χ2v) is 3.30. The summed E-state index contributed by atoms with van der Waals surface area (Å²) in [5.41, 5.74) is 2.37. The molecular formula is C9H8F3N3O2. The Morgan fingerprint density at radius 2 is 2.12 bits per heavy atom. The second kappa shape index (κ2) is 3.90. The zero-order valence-corrected chi connectivity index (χ0v) is 8.63. The van der Waals surface area contributed by atoms with E-state index < -0.39 is 17.2 Å². The minimum absolute atomic E-state index is 0.0243. The van der Waals surface area contributed by atoms with Gasteiger partial charge in [0.25, 0.3) is 0 Å². The first-order chi connectivity index (χ1) is 7.91. The topological polar surface area (TPSA) is 61.1 Å². The van der Waals surface area contributed by atoms with Gasteiger partial charge in [-0.05, 0) is 12.1 Å². The van der Waals surface area contributed by atoms with Crippen LogP contribution >= 0.6 is 0 Å². The van der Waals surface area contributed by atoms with Crippen LogP contribution in [0.4, 0.5) is 24.5 Å². The summed E-state index contributed by atoms with van der Waals surface area (Å²) in [5, 5.41) is 9.91. The Bertz CT molecular complexity index is 473. The fourth-order valence-electron chi connectivity index (χ4n) is 1.38. The van der Waals surface area contributed by atoms with Gasteiger partial charge in [0.1, 0.15) is 17.1 Å². The first-order valence-electron chi connectivity index (χ1n) is 4.57. The minimum atomic E-state index is -4.77. The third kappa shape index (κ3) is 2.17. The molecule has 1 aromatic carbocycles. The molecule has 5 nitrogen and oxygen atoms in total. The number of hydrogen-bond acceptors (Lipinski definition) is 4. The maximum atomic E-state index is 12.4. The number of benzene rings is 1. The predicted molar refractivity (Wildman–Crippen MR) is 54.1 cm³/mol. The van der Waals surface area contributed by atoms with Gasteiger partial charge >= 0.3 is 12.0 Å². The number of nitrogens with one attached hydrogen (secondary N) is 2. The molecule has 2 N–H and O–H groups in total. The van der Waals surface area contributed by atoms with Gasteiger partial charge in [0.15, 0.2) is 0 Å². The molecule has 0 amide bonds. The molecule has 2 rings (SSSR count). The molecule has 0 aliphatic carbocycles. The molecule has 1 aliphatic rings. The summed E-state index contributed by atoms with van der Waals surface area (Å²) in [5.74, 6) is -1.09. The van der Waals surface area contributed by atoms with Gasteiger partial charge in [-0.3, -0.25) is 0 Å². The minimum Gasteiger partial charge on any atom is -0.602 e. The maximum absolute atomic E-state index is 12.4. The van der Waals surface area contributed by atoms with E-state index in [1.54, 1.807) is 0 Å². The quantitative estimate of drug-likeness (QED) is 0.728. The smallest absolute Gasteiger partial charge is 0.490 e. The van der Waals surface area contributed by atoms with Crippen molar-refractivity contribution in [2.45, 2.75) is 6.18 Å². The summed E-state index contributed by atoms with van der Waals surface area (Å²) >= 11 is 0. The van der Waals surface area contributed by atoms with E-state index in [9.17, 15) is 18.4 Å². The number of rotatable bonds is 1. The largest absolute Gasteiger partial charge is 0.602 e. The van der Waals surface area contributed by atoms with Crippen LogP contribution in [0.1, 0.15) is 0 Å². The highest BCUT2D eigenvalue weighted by atomic mass is 19.4. The van der Waals surface area contributed by atoms with E-state index in [4.69, 9.17) is 4.74 Å². The van der Waals surface area contributed by atoms with Crippen molar-refractivity contribution in [2.24, 2.45) is 4.99 Å². The number of hydroxylamine groups is 1. The maximum Gasteiger partial charge on any atom is 0.490 e. The fourth-order valence-corrected chi connectivity index (χ4v) is 1.38. The Morgan fingerprint density at radius 1 is 1.41 bits per heavy atom. The van der Waals surface area contributed by atoms with Gasteiger partial charge in [-0.1, -0.05) is 0 Å². The highest BCUT2D eigenvalue weighted by molar-refractivity contribution is 5.87. The zero-order chi connectivity index (χ0) is 12.6. The van der Waals surface area contributed by atoms with Crippen LogP contribution in [0, 0.1) is 5.21 Å². The number of methoxy groups -OCH3 is 1. The predicted octanol–water partition coefficient (Wildman–Crippen LogP) is 1.01. The van der Waals surface area contributed by atoms with Crippen LogP contribution in [0.3, 0.4) is 0 Å². The molecule has 1 aromatic rings. The van der Waals surface area contributed by atoms with Gasteiger partial charge in [0.05, 0.1) is 7.11 Å². The van der Waals surface area contributed by atoms with Crippen LogP contribution in [0.15, 0.2) is 23.2 Å². The lowest BCUT2D eigenvalue weighted by Crippen LogP contribution is -3.15. The number of hydrogen-bond donors (Lipinski definition) is 2. The van der Waals surface area contributed by atoms with Crippen LogP contribution in [0.2, 0.25) is 0 Å². The molecule has 1 unspecified atom stereocenters. The molecule has 1 aliphatic heterocycles. The SMILES string of the molecule is COc1ccc2c(c1)N=C(C(F)(F)F)[NH+]([O-])N2. The molecule has 92 valence electrons. The van der Waals surface area contributed by atoms with E-state index in [1.165, 1.54) is 25.3 Å². The molecular weight excluding hydrogens is 239 g/mol. The van der Waals surface area contributed by atoms with E-state index in [0.717, 1.165) is 0 Å². The number of ether oxygens (including phenoxy) is 1. The first-order valence-corrected chi connectivity index (χ1v) is 4.57. The molecule has 1 atom stereocenters. The summed E-state index contributed by atoms with van der Waals surface area (Å²) in [6.07, 6.45) is -4.77. The molecule has 0 bridgehead atoms. The molecule has 17 heavy (non-hydrogen) atoms. The molecule has 0 aromatic heterocycles. The number of quaternary nitrogens is 1. The zero-order valence-electron chi connectivity index (χ0n) is 8.63. The first kappa shape index (κ1) is 11.7. The molecule has 0 fully saturated rings. The normalized spacial score (nSPS) is 19.1. The van der Waals surface area contributed by atoms with Gasteiger partial charge in [-0.15, -0.1) is 0 Å². The highest BCUT2D eigenvalue weighted by Crippen LogP contribution is 2.31. The summed E-state index contributed by atoms with van der Waals surface area (Å²) in [7, 11) is 1.39. The van der Waals surface area contributed by atoms with Gasteiger partial charge in [-0.2, -0.15) is 18.2 Å². The summed E-state index contributed by atoms with van der Waals surface area (Å²) in [4.78, 5) is 3.31. The second-order valence-electron chi connectivity index (χ2n) is 3.30. The van der Waals surface area contributed by atoms with Gasteiger partial charge in [0.2, 0.25) is 0 Å². The van der Waals surface area contributed by atoms with Crippen molar-refractivity contribution in [1.82, 2.24) is 0 Å². The van der Waals surface area contributed by atoms with Crippen molar-refractivity contribution in [3.05, 3.63) is 23.4 Å². The number of nitrogens with zero attached hydrogens (tertiary/aromatic N) is 1. The summed E-state index contributed by atoms with van der Waals surface area (Å²) < 4.78 is 42.2. The number of alkyl halides is 3. The highest BCUT2D eigenvalue weighted by Gasteiger charge is 2.44. The summed E-state index contributed by atoms with van der Waals surface area (Å²) in [6.45, 7) is 0. The Morgan fingerprint density at radius 3 is 2.71 bits per heavy atom. The van der Waals surface area contributed by atoms with Crippen molar-refractivity contribution >= 4 is 17.2 Å². The number of fused-ring (bicyclic) bond motifs is 1. The van der Waals surface area contributed by atoms with E-state index in [2.05, 4.69) is 10.4 Å². The monoisotopic (exact) mass is 247 g/mol. The van der Waals surface area contributed by atoms with Crippen LogP contribution in [0.5, 0.6) is 5.75 Å². The number of amidine groups is 1. The van der Waals surface area contributed by atoms with E-state index in [-0.39, 0.29) is 11.4 Å². The molecule has 0 spiro atoms. The summed E-state index contributed by atoms with van der Waals surface area (Å²) in [6, 6.07) is 4.27. The Labute approximate surface area is 94.1 Å². The van der Waals surface area contributed by atoms with Gasteiger partial charge < -0.3 is 9.94 Å². The number of halogens is 3. The Balaban J connectivity index is 2.48. The van der Waals surface area contributed by atoms with E-state index in [1.807, 2.05) is 0 Å². The molecule has 0 saturated carbocycles. The number of anilines is 1.